The van der Waals surface area contributed by atoms with Gasteiger partial charge in [-0.2, -0.15) is 0 Å². The van der Waals surface area contributed by atoms with Gasteiger partial charge in [-0.1, -0.05) is 54.5 Å². The number of aliphatic hydroxyl groups excluding tert-OH is 1. The minimum Gasteiger partial charge on any atom is -0.509 e. The van der Waals surface area contributed by atoms with Crippen LogP contribution in [0.15, 0.2) is 124 Å². The Morgan fingerprint density at radius 1 is 0.636 bits per heavy atom. The molecule has 6 rings (SSSR count). The zero-order valence-corrected chi connectivity index (χ0v) is 27.6. The third kappa shape index (κ3) is 4.13. The van der Waals surface area contributed by atoms with Gasteiger partial charge in [-0.15, -0.1) is 0 Å². The zero-order valence-electron chi connectivity index (χ0n) is 27.6. The van der Waals surface area contributed by atoms with Crippen LogP contribution in [0.4, 0.5) is 0 Å². The first-order chi connectivity index (χ1) is 21.3. The molecule has 6 aliphatic rings. The van der Waals surface area contributed by atoms with Gasteiger partial charge in [-0.25, -0.2) is 20.0 Å². The number of rotatable bonds is 7. The van der Waals surface area contributed by atoms with Gasteiger partial charge >= 0.3 is 0 Å². The number of aliphatic imine (C=N–C) groups is 4. The molecular formula is C38H45N5O. The maximum atomic E-state index is 11.6. The van der Waals surface area contributed by atoms with Crippen LogP contribution < -0.4 is 5.32 Å². The Kier molecular flexibility index (Phi) is 7.81. The molecular weight excluding hydrogens is 542 g/mol. The van der Waals surface area contributed by atoms with E-state index in [2.05, 4.69) is 78.1 Å². The van der Waals surface area contributed by atoms with Gasteiger partial charge in [0.05, 0.1) is 56.7 Å². The molecule has 0 saturated heterocycles. The number of nitrogens with one attached hydrogen (secondary N) is 1. The first-order valence-electron chi connectivity index (χ1n) is 16.6. The number of hydrogen-bond acceptors (Lipinski definition) is 6. The van der Waals surface area contributed by atoms with Crippen LogP contribution in [0.2, 0.25) is 0 Å². The predicted molar refractivity (Wildman–Crippen MR) is 184 cm³/mol. The number of nitrogens with zero attached hydrogens (tertiary/aromatic N) is 4. The first-order valence-corrected chi connectivity index (χ1v) is 16.6. The maximum Gasteiger partial charge on any atom is 0.125 e. The van der Waals surface area contributed by atoms with Crippen molar-refractivity contribution in [2.45, 2.75) is 100 Å². The quantitative estimate of drug-likeness (QED) is 0.311. The van der Waals surface area contributed by atoms with E-state index >= 15 is 0 Å². The van der Waals surface area contributed by atoms with Crippen molar-refractivity contribution in [2.75, 3.05) is 0 Å². The number of aliphatic hydroxyl groups is 1. The molecule has 0 radical (unpaired) electrons. The summed E-state index contributed by atoms with van der Waals surface area (Å²) in [5, 5.41) is 15.0. The van der Waals surface area contributed by atoms with Gasteiger partial charge in [0.25, 0.3) is 0 Å². The van der Waals surface area contributed by atoms with Crippen LogP contribution >= 0.6 is 0 Å². The topological polar surface area (TPSA) is 81.7 Å². The molecule has 0 aromatic heterocycles. The maximum absolute atomic E-state index is 11.6. The number of allylic oxidation sites excluding steroid dienone is 10. The zero-order chi connectivity index (χ0) is 31.3. The molecule has 0 saturated carbocycles. The molecule has 6 heterocycles. The van der Waals surface area contributed by atoms with Crippen LogP contribution in [-0.2, 0) is 0 Å². The van der Waals surface area contributed by atoms with Gasteiger partial charge in [-0.05, 0) is 109 Å². The fourth-order valence-electron chi connectivity index (χ4n) is 7.95. The van der Waals surface area contributed by atoms with Crippen molar-refractivity contribution in [2.24, 2.45) is 25.4 Å². The monoisotopic (exact) mass is 587 g/mol. The van der Waals surface area contributed by atoms with Crippen LogP contribution in [-0.4, -0.2) is 28.0 Å². The summed E-state index contributed by atoms with van der Waals surface area (Å²) < 4.78 is 0. The second-order valence-electron chi connectivity index (χ2n) is 11.9. The Labute approximate surface area is 262 Å². The van der Waals surface area contributed by atoms with E-state index in [0.717, 1.165) is 95.4 Å². The highest BCUT2D eigenvalue weighted by Crippen LogP contribution is 2.54. The van der Waals surface area contributed by atoms with Crippen LogP contribution in [0, 0.1) is 5.41 Å². The summed E-state index contributed by atoms with van der Waals surface area (Å²) in [6, 6.07) is 0. The van der Waals surface area contributed by atoms with E-state index in [9.17, 15) is 5.11 Å². The molecule has 1 atom stereocenters. The van der Waals surface area contributed by atoms with Crippen LogP contribution in [0.25, 0.3) is 0 Å². The fourth-order valence-corrected chi connectivity index (χ4v) is 7.95. The average Bonchev–Trinajstić information content (AvgIpc) is 3.75. The summed E-state index contributed by atoms with van der Waals surface area (Å²) in [4.78, 5) is 21.2. The van der Waals surface area contributed by atoms with Crippen molar-refractivity contribution < 1.29 is 5.11 Å². The highest BCUT2D eigenvalue weighted by atomic mass is 16.3. The highest BCUT2D eigenvalue weighted by Gasteiger charge is 2.51. The van der Waals surface area contributed by atoms with E-state index in [4.69, 9.17) is 20.0 Å². The molecule has 44 heavy (non-hydrogen) atoms. The molecule has 0 amide bonds. The van der Waals surface area contributed by atoms with E-state index in [1.165, 1.54) is 33.4 Å². The summed E-state index contributed by atoms with van der Waals surface area (Å²) in [5.41, 5.74) is 16.3. The Morgan fingerprint density at radius 2 is 1.11 bits per heavy atom. The largest absolute Gasteiger partial charge is 0.509 e. The van der Waals surface area contributed by atoms with Gasteiger partial charge in [0.15, 0.2) is 0 Å². The highest BCUT2D eigenvalue weighted by molar-refractivity contribution is 6.21. The minimum absolute atomic E-state index is 0.284. The Morgan fingerprint density at radius 3 is 1.59 bits per heavy atom. The number of fused-ring (bicyclic) bond motifs is 4. The summed E-state index contributed by atoms with van der Waals surface area (Å²) in [6.07, 6.45) is 16.4. The Balaban J connectivity index is 1.74. The van der Waals surface area contributed by atoms with Crippen molar-refractivity contribution in [3.63, 3.8) is 0 Å². The van der Waals surface area contributed by atoms with E-state index in [1.54, 1.807) is 6.20 Å². The predicted octanol–water partition coefficient (Wildman–Crippen LogP) is 9.38. The van der Waals surface area contributed by atoms with Crippen LogP contribution in [0.5, 0.6) is 0 Å². The fraction of sp³-hybridized carbons (Fsp3) is 0.421. The second kappa shape index (κ2) is 11.5. The molecule has 0 aromatic rings. The lowest BCUT2D eigenvalue weighted by Gasteiger charge is -2.34. The lowest BCUT2D eigenvalue weighted by molar-refractivity contribution is 0.281. The van der Waals surface area contributed by atoms with Crippen LogP contribution in [0.3, 0.4) is 0 Å². The first kappa shape index (κ1) is 30.0. The molecule has 8 bridgehead atoms. The smallest absolute Gasteiger partial charge is 0.125 e. The molecule has 0 unspecified atom stereocenters. The molecule has 0 aromatic carbocycles. The summed E-state index contributed by atoms with van der Waals surface area (Å²) in [6.45, 7) is 17.4. The van der Waals surface area contributed by atoms with Gasteiger partial charge in [0.1, 0.15) is 5.76 Å². The van der Waals surface area contributed by atoms with E-state index in [0.29, 0.717) is 6.42 Å². The minimum atomic E-state index is -0.746. The van der Waals surface area contributed by atoms with Crippen molar-refractivity contribution in [3.8, 4) is 0 Å². The van der Waals surface area contributed by atoms with Crippen molar-refractivity contribution in [3.05, 3.63) is 104 Å². The number of dihydropyridines is 1. The molecule has 0 spiro atoms. The number of hydrogen-bond donors (Lipinski definition) is 2. The van der Waals surface area contributed by atoms with Gasteiger partial charge in [-0.3, -0.25) is 0 Å². The lowest BCUT2D eigenvalue weighted by atomic mass is 9.71. The molecule has 0 fully saturated rings. The summed E-state index contributed by atoms with van der Waals surface area (Å²) >= 11 is 0. The molecule has 228 valence electrons. The third-order valence-corrected chi connectivity index (χ3v) is 10.0. The Hall–Kier alpha value is -4.06. The van der Waals surface area contributed by atoms with Crippen molar-refractivity contribution in [1.29, 1.82) is 0 Å². The van der Waals surface area contributed by atoms with E-state index in [1.807, 2.05) is 6.92 Å². The molecule has 6 heteroatoms. The van der Waals surface area contributed by atoms with E-state index in [-0.39, 0.29) is 5.76 Å². The SMILES string of the molecule is C/C=C1\C2=NC3=C(NC=C(O)[C@@]31CC)C1=NC(=CC3=NC(=CC4=NC(=C2)C(CC)=C4CC)C(CC)=C3CC)C(CC)=C1CC. The average molecular weight is 588 g/mol. The van der Waals surface area contributed by atoms with Gasteiger partial charge in [0, 0.05) is 6.20 Å². The van der Waals surface area contributed by atoms with Gasteiger partial charge < -0.3 is 10.4 Å². The standard InChI is InChI=1S/C38H45N5O/c1-9-21-22(10-2)30-18-32-25(13-5)26(14-6)35(42-32)36-37-38(16-8,34(44)20-39-36)27(15-7)33(43-37)19-31-24(12-4)23(11-3)29(41-31)17-28(21)40-30/h15,17-20,39,44H,9-14,16H2,1-8H3/b27-15+,28-17?,29-17?,30-18?,31-19?,32-18?,33-19?,36-35?/t38-/m0/s1. The van der Waals surface area contributed by atoms with Crippen molar-refractivity contribution in [1.82, 2.24) is 5.32 Å². The normalized spacial score (nSPS) is 25.2. The molecule has 6 nitrogen and oxygen atoms in total. The summed E-state index contributed by atoms with van der Waals surface area (Å²) in [5.74, 6) is 0.284. The van der Waals surface area contributed by atoms with Crippen molar-refractivity contribution >= 4 is 22.8 Å². The van der Waals surface area contributed by atoms with Crippen LogP contribution in [0.1, 0.15) is 100 Å². The van der Waals surface area contributed by atoms with E-state index < -0.39 is 5.41 Å². The summed E-state index contributed by atoms with van der Waals surface area (Å²) in [7, 11) is 0. The second-order valence-corrected chi connectivity index (χ2v) is 11.9. The Bertz CT molecular complexity index is 1770. The third-order valence-electron chi connectivity index (χ3n) is 10.0. The molecule has 6 aliphatic heterocycles. The van der Waals surface area contributed by atoms with Gasteiger partial charge in [0.2, 0.25) is 0 Å². The molecule has 0 aliphatic carbocycles. The molecule has 2 N–H and O–H groups in total. The lowest BCUT2D eigenvalue weighted by Crippen LogP contribution is -2.35.